The van der Waals surface area contributed by atoms with Crippen LogP contribution in [0, 0.1) is 17.3 Å². The molecule has 2 aliphatic rings. The van der Waals surface area contributed by atoms with Crippen LogP contribution >= 0.6 is 0 Å². The molecule has 21 heavy (non-hydrogen) atoms. The Morgan fingerprint density at radius 2 is 1.90 bits per heavy atom. The number of nitriles is 1. The SMILES string of the molecule is C=C1CCC1.CC.N#CC1(Nc2ccc(F)nc2)CCC1. The number of pyridine rings is 1. The summed E-state index contributed by atoms with van der Waals surface area (Å²) in [6, 6.07) is 5.13. The van der Waals surface area contributed by atoms with Crippen molar-refractivity contribution in [3.8, 4) is 6.07 Å². The van der Waals surface area contributed by atoms with Crippen LogP contribution in [0.25, 0.3) is 0 Å². The average molecular weight is 289 g/mol. The van der Waals surface area contributed by atoms with Gasteiger partial charge in [-0.3, -0.25) is 0 Å². The normalized spacial score (nSPS) is 17.5. The Morgan fingerprint density at radius 1 is 1.29 bits per heavy atom. The Hall–Kier alpha value is -1.89. The summed E-state index contributed by atoms with van der Waals surface area (Å²) in [6.45, 7) is 7.76. The maximum Gasteiger partial charge on any atom is 0.212 e. The molecule has 2 saturated carbocycles. The van der Waals surface area contributed by atoms with Gasteiger partial charge in [-0.25, -0.2) is 4.98 Å². The Labute approximate surface area is 126 Å². The molecule has 0 amide bonds. The van der Waals surface area contributed by atoms with Gasteiger partial charge < -0.3 is 5.32 Å². The lowest BCUT2D eigenvalue weighted by molar-refractivity contribution is 0.356. The Bertz CT molecular complexity index is 478. The number of nitrogens with zero attached hydrogens (tertiary/aromatic N) is 2. The van der Waals surface area contributed by atoms with Crippen LogP contribution in [0.5, 0.6) is 0 Å². The predicted molar refractivity (Wildman–Crippen MR) is 84.4 cm³/mol. The summed E-state index contributed by atoms with van der Waals surface area (Å²) in [4.78, 5) is 3.52. The lowest BCUT2D eigenvalue weighted by Crippen LogP contribution is -2.43. The number of hydrogen-bond acceptors (Lipinski definition) is 3. The number of rotatable bonds is 2. The van der Waals surface area contributed by atoms with Crippen LogP contribution in [0.15, 0.2) is 30.5 Å². The van der Waals surface area contributed by atoms with E-state index in [4.69, 9.17) is 5.26 Å². The monoisotopic (exact) mass is 289 g/mol. The van der Waals surface area contributed by atoms with Crippen molar-refractivity contribution in [2.24, 2.45) is 0 Å². The maximum absolute atomic E-state index is 12.5. The molecule has 2 aliphatic carbocycles. The van der Waals surface area contributed by atoms with Gasteiger partial charge in [0.05, 0.1) is 18.0 Å². The molecule has 0 atom stereocenters. The minimum atomic E-state index is -0.504. The summed E-state index contributed by atoms with van der Waals surface area (Å²) in [6.07, 6.45) is 8.14. The van der Waals surface area contributed by atoms with Gasteiger partial charge in [0.2, 0.25) is 5.95 Å². The maximum atomic E-state index is 12.5. The molecule has 0 aromatic carbocycles. The highest BCUT2D eigenvalue weighted by molar-refractivity contribution is 5.46. The molecule has 0 aliphatic heterocycles. The highest BCUT2D eigenvalue weighted by Gasteiger charge is 2.36. The van der Waals surface area contributed by atoms with E-state index in [1.807, 2.05) is 13.8 Å². The van der Waals surface area contributed by atoms with Crippen molar-refractivity contribution >= 4 is 5.69 Å². The van der Waals surface area contributed by atoms with Crippen molar-refractivity contribution in [2.75, 3.05) is 5.32 Å². The third kappa shape index (κ3) is 5.18. The van der Waals surface area contributed by atoms with Gasteiger partial charge in [-0.05, 0) is 50.7 Å². The van der Waals surface area contributed by atoms with Crippen LogP contribution in [0.3, 0.4) is 0 Å². The van der Waals surface area contributed by atoms with Gasteiger partial charge in [0.15, 0.2) is 0 Å². The van der Waals surface area contributed by atoms with Gasteiger partial charge in [-0.15, -0.1) is 0 Å². The van der Waals surface area contributed by atoms with Crippen molar-refractivity contribution < 1.29 is 4.39 Å². The van der Waals surface area contributed by atoms with Crippen molar-refractivity contribution in [1.82, 2.24) is 4.98 Å². The molecule has 3 rings (SSSR count). The topological polar surface area (TPSA) is 48.7 Å². The van der Waals surface area contributed by atoms with Gasteiger partial charge >= 0.3 is 0 Å². The fourth-order valence-corrected chi connectivity index (χ4v) is 1.95. The molecule has 0 bridgehead atoms. The standard InChI is InChI=1S/C10H10FN3.C5H8.C2H6/c11-9-3-2-8(6-13-9)14-10(7-12)4-1-5-10;1-5-3-2-4-5;1-2/h2-3,6,14H,1,4-5H2;1-4H2;1-2H3. The molecule has 3 nitrogen and oxygen atoms in total. The second-order valence-electron chi connectivity index (χ2n) is 5.15. The Balaban J connectivity index is 0.000000263. The molecule has 114 valence electrons. The summed E-state index contributed by atoms with van der Waals surface area (Å²) in [5.74, 6) is -0.504. The Kier molecular flexibility index (Phi) is 6.87. The first-order chi connectivity index (χ1) is 10.1. The second-order valence-corrected chi connectivity index (χ2v) is 5.15. The third-order valence-corrected chi connectivity index (χ3v) is 3.59. The summed E-state index contributed by atoms with van der Waals surface area (Å²) in [5.41, 5.74) is 1.69. The molecule has 1 aromatic heterocycles. The van der Waals surface area contributed by atoms with E-state index in [9.17, 15) is 4.39 Å². The fourth-order valence-electron chi connectivity index (χ4n) is 1.95. The number of aromatic nitrogens is 1. The molecule has 4 heteroatoms. The first-order valence-electron chi connectivity index (χ1n) is 7.61. The average Bonchev–Trinajstić information content (AvgIpc) is 2.46. The highest BCUT2D eigenvalue weighted by Crippen LogP contribution is 2.34. The number of halogens is 1. The minimum Gasteiger partial charge on any atom is -0.366 e. The van der Waals surface area contributed by atoms with E-state index < -0.39 is 11.5 Å². The van der Waals surface area contributed by atoms with E-state index in [-0.39, 0.29) is 0 Å². The highest BCUT2D eigenvalue weighted by atomic mass is 19.1. The molecule has 0 spiro atoms. The van der Waals surface area contributed by atoms with Crippen LogP contribution in [-0.2, 0) is 0 Å². The lowest BCUT2D eigenvalue weighted by Gasteiger charge is -2.36. The first-order valence-corrected chi connectivity index (χ1v) is 7.61. The van der Waals surface area contributed by atoms with Crippen molar-refractivity contribution in [3.05, 3.63) is 36.4 Å². The van der Waals surface area contributed by atoms with Crippen LogP contribution in [-0.4, -0.2) is 10.5 Å². The zero-order valence-corrected chi connectivity index (χ0v) is 13.0. The van der Waals surface area contributed by atoms with Gasteiger partial charge in [0.1, 0.15) is 5.54 Å². The summed E-state index contributed by atoms with van der Waals surface area (Å²) in [5, 5.41) is 12.0. The van der Waals surface area contributed by atoms with Crippen molar-refractivity contribution in [2.45, 2.75) is 57.9 Å². The second kappa shape index (κ2) is 8.41. The minimum absolute atomic E-state index is 0.445. The first kappa shape index (κ1) is 17.2. The van der Waals surface area contributed by atoms with E-state index in [2.05, 4.69) is 22.9 Å². The van der Waals surface area contributed by atoms with E-state index in [0.717, 1.165) is 19.3 Å². The van der Waals surface area contributed by atoms with Gasteiger partial charge in [0.25, 0.3) is 0 Å². The summed E-state index contributed by atoms with van der Waals surface area (Å²) >= 11 is 0. The van der Waals surface area contributed by atoms with Crippen LogP contribution in [0.2, 0.25) is 0 Å². The summed E-state index contributed by atoms with van der Waals surface area (Å²) < 4.78 is 12.5. The summed E-state index contributed by atoms with van der Waals surface area (Å²) in [7, 11) is 0. The molecule has 1 heterocycles. The smallest absolute Gasteiger partial charge is 0.212 e. The molecular weight excluding hydrogens is 265 g/mol. The molecule has 1 aromatic rings. The number of nitrogens with one attached hydrogen (secondary N) is 1. The number of allylic oxidation sites excluding steroid dienone is 1. The number of hydrogen-bond donors (Lipinski definition) is 1. The van der Waals surface area contributed by atoms with E-state index in [0.29, 0.717) is 5.69 Å². The molecule has 2 fully saturated rings. The zero-order valence-electron chi connectivity index (χ0n) is 13.0. The molecule has 0 saturated heterocycles. The molecule has 1 N–H and O–H groups in total. The van der Waals surface area contributed by atoms with E-state index in [1.165, 1.54) is 37.1 Å². The molecule has 0 radical (unpaired) electrons. The predicted octanol–water partition coefficient (Wildman–Crippen LogP) is 4.83. The largest absolute Gasteiger partial charge is 0.366 e. The van der Waals surface area contributed by atoms with Crippen LogP contribution in [0.1, 0.15) is 52.4 Å². The van der Waals surface area contributed by atoms with Gasteiger partial charge in [-0.1, -0.05) is 26.0 Å². The fraction of sp³-hybridized carbons (Fsp3) is 0.529. The van der Waals surface area contributed by atoms with E-state index >= 15 is 0 Å². The van der Waals surface area contributed by atoms with Crippen LogP contribution in [0.4, 0.5) is 10.1 Å². The van der Waals surface area contributed by atoms with Crippen LogP contribution < -0.4 is 5.32 Å². The number of anilines is 1. The van der Waals surface area contributed by atoms with Crippen molar-refractivity contribution in [1.29, 1.82) is 5.26 Å². The molecule has 0 unspecified atom stereocenters. The van der Waals surface area contributed by atoms with Gasteiger partial charge in [0, 0.05) is 0 Å². The lowest BCUT2D eigenvalue weighted by atomic mass is 9.78. The van der Waals surface area contributed by atoms with Gasteiger partial charge in [-0.2, -0.15) is 9.65 Å². The molecular formula is C17H24FN3. The zero-order chi connectivity index (χ0) is 15.7. The third-order valence-electron chi connectivity index (χ3n) is 3.59. The quantitative estimate of drug-likeness (QED) is 0.626. The van der Waals surface area contributed by atoms with E-state index in [1.54, 1.807) is 6.07 Å². The van der Waals surface area contributed by atoms with Crippen molar-refractivity contribution in [3.63, 3.8) is 0 Å². The Morgan fingerprint density at radius 3 is 2.19 bits per heavy atom.